The monoisotopic (exact) mass is 338 g/mol. The van der Waals surface area contributed by atoms with Crippen LogP contribution in [0.2, 0.25) is 0 Å². The topological polar surface area (TPSA) is 69.6 Å². The molecule has 24 heavy (non-hydrogen) atoms. The van der Waals surface area contributed by atoms with Crippen LogP contribution in [0.3, 0.4) is 0 Å². The fourth-order valence-corrected chi connectivity index (χ4v) is 4.16. The Kier molecular flexibility index (Phi) is 6.29. The maximum atomic E-state index is 12.5. The normalized spacial score (nSPS) is 29.6. The summed E-state index contributed by atoms with van der Waals surface area (Å²) in [6.07, 6.45) is 5.11. The number of amides is 2. The molecule has 5 heteroatoms. The zero-order valence-corrected chi connectivity index (χ0v) is 15.7. The Balaban J connectivity index is 1.83. The van der Waals surface area contributed by atoms with Crippen molar-refractivity contribution in [2.45, 2.75) is 78.4 Å². The molecule has 2 amide bonds. The highest BCUT2D eigenvalue weighted by molar-refractivity contribution is 5.89. The average Bonchev–Trinajstić information content (AvgIpc) is 2.86. The van der Waals surface area contributed by atoms with E-state index in [0.717, 1.165) is 18.8 Å². The summed E-state index contributed by atoms with van der Waals surface area (Å²) in [7, 11) is 0. The largest absolute Gasteiger partial charge is 0.393 e. The van der Waals surface area contributed by atoms with E-state index in [9.17, 15) is 14.7 Å². The number of aliphatic hydroxyl groups is 1. The van der Waals surface area contributed by atoms with E-state index in [0.29, 0.717) is 32.0 Å². The summed E-state index contributed by atoms with van der Waals surface area (Å²) < 4.78 is 0. The summed E-state index contributed by atoms with van der Waals surface area (Å²) in [5.41, 5.74) is -0.147. The van der Waals surface area contributed by atoms with E-state index in [1.165, 1.54) is 12.8 Å². The van der Waals surface area contributed by atoms with Crippen LogP contribution in [0, 0.1) is 17.3 Å². The Morgan fingerprint density at radius 3 is 2.54 bits per heavy atom. The molecule has 0 spiro atoms. The fraction of sp³-hybridized carbons (Fsp3) is 0.895. The second kappa shape index (κ2) is 7.85. The second-order valence-corrected chi connectivity index (χ2v) is 8.80. The Hall–Kier alpha value is -1.10. The van der Waals surface area contributed by atoms with Gasteiger partial charge in [0.25, 0.3) is 0 Å². The summed E-state index contributed by atoms with van der Waals surface area (Å²) >= 11 is 0. The minimum absolute atomic E-state index is 0.0197. The first kappa shape index (κ1) is 19.2. The van der Waals surface area contributed by atoms with Crippen molar-refractivity contribution in [3.63, 3.8) is 0 Å². The van der Waals surface area contributed by atoms with E-state index in [1.807, 2.05) is 18.7 Å². The van der Waals surface area contributed by atoms with Crippen molar-refractivity contribution in [1.29, 1.82) is 0 Å². The number of rotatable bonds is 6. The standard InChI is InChI=1S/C19H34N2O3/c1-13-5-7-16(8-6-13)21-11-15(9-17(21)23)18(24)20-12-19(3,4)10-14(2)22/h13-16,22H,5-12H2,1-4H3,(H,20,24). The van der Waals surface area contributed by atoms with Gasteiger partial charge in [-0.1, -0.05) is 20.8 Å². The molecule has 1 saturated heterocycles. The van der Waals surface area contributed by atoms with Crippen molar-refractivity contribution in [1.82, 2.24) is 10.2 Å². The van der Waals surface area contributed by atoms with Gasteiger partial charge in [-0.05, 0) is 50.4 Å². The second-order valence-electron chi connectivity index (χ2n) is 8.80. The van der Waals surface area contributed by atoms with Crippen LogP contribution in [0.1, 0.15) is 66.2 Å². The third-order valence-corrected chi connectivity index (χ3v) is 5.54. The number of hydrogen-bond donors (Lipinski definition) is 2. The lowest BCUT2D eigenvalue weighted by molar-refractivity contribution is -0.131. The molecule has 2 rings (SSSR count). The van der Waals surface area contributed by atoms with Crippen molar-refractivity contribution >= 4 is 11.8 Å². The summed E-state index contributed by atoms with van der Waals surface area (Å²) in [5, 5.41) is 12.5. The highest BCUT2D eigenvalue weighted by Gasteiger charge is 2.39. The van der Waals surface area contributed by atoms with Crippen molar-refractivity contribution in [3.05, 3.63) is 0 Å². The predicted octanol–water partition coefficient (Wildman–Crippen LogP) is 2.33. The van der Waals surface area contributed by atoms with Crippen LogP contribution in [0.5, 0.6) is 0 Å². The minimum atomic E-state index is -0.380. The number of nitrogens with zero attached hydrogens (tertiary/aromatic N) is 1. The minimum Gasteiger partial charge on any atom is -0.393 e. The molecule has 2 unspecified atom stereocenters. The number of aliphatic hydroxyl groups excluding tert-OH is 1. The molecule has 0 aromatic carbocycles. The predicted molar refractivity (Wildman–Crippen MR) is 94.3 cm³/mol. The van der Waals surface area contributed by atoms with Gasteiger partial charge in [0.2, 0.25) is 11.8 Å². The molecule has 1 saturated carbocycles. The first-order valence-corrected chi connectivity index (χ1v) is 9.43. The molecule has 138 valence electrons. The van der Waals surface area contributed by atoms with E-state index in [-0.39, 0.29) is 29.3 Å². The molecule has 1 heterocycles. The quantitative estimate of drug-likeness (QED) is 0.781. The molecule has 0 bridgehead atoms. The Bertz CT molecular complexity index is 454. The summed E-state index contributed by atoms with van der Waals surface area (Å²) in [6, 6.07) is 0.332. The number of carbonyl (C=O) groups is 2. The zero-order chi connectivity index (χ0) is 17.9. The molecule has 2 atom stereocenters. The SMILES string of the molecule is CC(O)CC(C)(C)CNC(=O)C1CC(=O)N(C2CCC(C)CC2)C1. The number of carbonyl (C=O) groups excluding carboxylic acids is 2. The number of hydrogen-bond acceptors (Lipinski definition) is 3. The van der Waals surface area contributed by atoms with E-state index >= 15 is 0 Å². The fourth-order valence-electron chi connectivity index (χ4n) is 4.16. The third kappa shape index (κ3) is 5.20. The molecule has 0 aromatic heterocycles. The molecule has 0 radical (unpaired) electrons. The van der Waals surface area contributed by atoms with Gasteiger partial charge in [-0.3, -0.25) is 9.59 Å². The number of likely N-dealkylation sites (tertiary alicyclic amines) is 1. The van der Waals surface area contributed by atoms with Gasteiger partial charge in [-0.25, -0.2) is 0 Å². The van der Waals surface area contributed by atoms with E-state index < -0.39 is 0 Å². The number of nitrogens with one attached hydrogen (secondary N) is 1. The van der Waals surface area contributed by atoms with Gasteiger partial charge in [0.05, 0.1) is 12.0 Å². The molecule has 2 fully saturated rings. The van der Waals surface area contributed by atoms with Crippen LogP contribution in [-0.2, 0) is 9.59 Å². The van der Waals surface area contributed by atoms with Gasteiger partial charge in [0.15, 0.2) is 0 Å². The van der Waals surface area contributed by atoms with Crippen LogP contribution in [0.15, 0.2) is 0 Å². The van der Waals surface area contributed by atoms with E-state index in [1.54, 1.807) is 6.92 Å². The molecular formula is C19H34N2O3. The maximum Gasteiger partial charge on any atom is 0.225 e. The smallest absolute Gasteiger partial charge is 0.225 e. The van der Waals surface area contributed by atoms with Gasteiger partial charge >= 0.3 is 0 Å². The zero-order valence-electron chi connectivity index (χ0n) is 15.7. The molecule has 5 nitrogen and oxygen atoms in total. The van der Waals surface area contributed by atoms with Crippen molar-refractivity contribution in [2.75, 3.05) is 13.1 Å². The first-order chi connectivity index (χ1) is 11.2. The van der Waals surface area contributed by atoms with Crippen molar-refractivity contribution < 1.29 is 14.7 Å². The van der Waals surface area contributed by atoms with Crippen molar-refractivity contribution in [2.24, 2.45) is 17.3 Å². The van der Waals surface area contributed by atoms with Crippen LogP contribution >= 0.6 is 0 Å². The van der Waals surface area contributed by atoms with Crippen molar-refractivity contribution in [3.8, 4) is 0 Å². The Labute approximate surface area is 146 Å². The van der Waals surface area contributed by atoms with Crippen LogP contribution in [-0.4, -0.2) is 47.1 Å². The highest BCUT2D eigenvalue weighted by Crippen LogP contribution is 2.31. The Morgan fingerprint density at radius 2 is 1.96 bits per heavy atom. The molecule has 1 aliphatic carbocycles. The van der Waals surface area contributed by atoms with Crippen LogP contribution in [0.4, 0.5) is 0 Å². The lowest BCUT2D eigenvalue weighted by Crippen LogP contribution is -2.41. The first-order valence-electron chi connectivity index (χ1n) is 9.43. The molecule has 2 N–H and O–H groups in total. The highest BCUT2D eigenvalue weighted by atomic mass is 16.3. The summed E-state index contributed by atoms with van der Waals surface area (Å²) in [5.74, 6) is 0.653. The molecule has 0 aromatic rings. The Morgan fingerprint density at radius 1 is 1.33 bits per heavy atom. The summed E-state index contributed by atoms with van der Waals surface area (Å²) in [6.45, 7) is 9.21. The maximum absolute atomic E-state index is 12.5. The van der Waals surface area contributed by atoms with Gasteiger partial charge in [-0.2, -0.15) is 0 Å². The van der Waals surface area contributed by atoms with E-state index in [4.69, 9.17) is 0 Å². The molecule has 1 aliphatic heterocycles. The lowest BCUT2D eigenvalue weighted by Gasteiger charge is -2.33. The summed E-state index contributed by atoms with van der Waals surface area (Å²) in [4.78, 5) is 26.7. The van der Waals surface area contributed by atoms with Gasteiger partial charge in [0, 0.05) is 25.6 Å². The van der Waals surface area contributed by atoms with E-state index in [2.05, 4.69) is 12.2 Å². The average molecular weight is 338 g/mol. The van der Waals surface area contributed by atoms with Gasteiger partial charge < -0.3 is 15.3 Å². The molecular weight excluding hydrogens is 304 g/mol. The van der Waals surface area contributed by atoms with Gasteiger partial charge in [-0.15, -0.1) is 0 Å². The van der Waals surface area contributed by atoms with Gasteiger partial charge in [0.1, 0.15) is 0 Å². The van der Waals surface area contributed by atoms with Crippen LogP contribution < -0.4 is 5.32 Å². The van der Waals surface area contributed by atoms with Crippen LogP contribution in [0.25, 0.3) is 0 Å². The molecule has 2 aliphatic rings. The lowest BCUT2D eigenvalue weighted by atomic mass is 9.86. The third-order valence-electron chi connectivity index (χ3n) is 5.54.